The van der Waals surface area contributed by atoms with Crippen molar-refractivity contribution in [3.63, 3.8) is 0 Å². The molecular formula is C14H17N7. The number of rotatable bonds is 2. The molecule has 21 heavy (non-hydrogen) atoms. The minimum absolute atomic E-state index is 0.383. The average molecular weight is 283 g/mol. The zero-order valence-corrected chi connectivity index (χ0v) is 12.1. The van der Waals surface area contributed by atoms with E-state index in [-0.39, 0.29) is 0 Å². The van der Waals surface area contributed by atoms with E-state index in [9.17, 15) is 0 Å². The molecule has 0 amide bonds. The van der Waals surface area contributed by atoms with Gasteiger partial charge in [-0.2, -0.15) is 5.10 Å². The van der Waals surface area contributed by atoms with Crippen LogP contribution in [-0.4, -0.2) is 45.4 Å². The second-order valence-corrected chi connectivity index (χ2v) is 5.22. The second kappa shape index (κ2) is 5.50. The van der Waals surface area contributed by atoms with Crippen molar-refractivity contribution in [2.24, 2.45) is 7.05 Å². The lowest BCUT2D eigenvalue weighted by Crippen LogP contribution is -2.49. The summed E-state index contributed by atoms with van der Waals surface area (Å²) in [7, 11) is 1.86. The topological polar surface area (TPSA) is 63.2 Å². The Morgan fingerprint density at radius 2 is 2.29 bits per heavy atom. The van der Waals surface area contributed by atoms with Crippen LogP contribution in [0.25, 0.3) is 16.2 Å². The number of hydrogen-bond acceptors (Lipinski definition) is 5. The molecule has 0 spiro atoms. The van der Waals surface area contributed by atoms with Crippen LogP contribution in [0.4, 0.5) is 11.5 Å². The molecule has 0 aromatic carbocycles. The summed E-state index contributed by atoms with van der Waals surface area (Å²) in [5.41, 5.74) is 1.36. The van der Waals surface area contributed by atoms with Crippen LogP contribution in [0.15, 0.2) is 18.6 Å². The molecule has 2 aromatic heterocycles. The maximum atomic E-state index is 7.32. The van der Waals surface area contributed by atoms with Crippen LogP contribution in [0.3, 0.4) is 0 Å². The van der Waals surface area contributed by atoms with Gasteiger partial charge in [-0.1, -0.05) is 0 Å². The summed E-state index contributed by atoms with van der Waals surface area (Å²) in [5, 5.41) is 7.54. The highest BCUT2D eigenvalue weighted by atomic mass is 15.3. The molecule has 7 heteroatoms. The molecule has 1 N–H and O–H groups in total. The highest BCUT2D eigenvalue weighted by Gasteiger charge is 2.21. The van der Waals surface area contributed by atoms with E-state index in [1.807, 2.05) is 13.2 Å². The first kappa shape index (κ1) is 13.5. The normalized spacial score (nSPS) is 18.5. The number of aromatic nitrogens is 4. The summed E-state index contributed by atoms with van der Waals surface area (Å²) >= 11 is 0. The predicted molar refractivity (Wildman–Crippen MR) is 80.2 cm³/mol. The summed E-state index contributed by atoms with van der Waals surface area (Å²) in [5.74, 6) is 1.32. The summed E-state index contributed by atoms with van der Waals surface area (Å²) < 4.78 is 1.72. The third-order valence-electron chi connectivity index (χ3n) is 3.50. The molecule has 3 rings (SSSR count). The van der Waals surface area contributed by atoms with Gasteiger partial charge in [0.05, 0.1) is 18.3 Å². The van der Waals surface area contributed by atoms with Crippen LogP contribution in [0.1, 0.15) is 6.92 Å². The molecule has 1 atom stereocenters. The van der Waals surface area contributed by atoms with Gasteiger partial charge in [0, 0.05) is 45.1 Å². The van der Waals surface area contributed by atoms with Crippen molar-refractivity contribution in [3.05, 3.63) is 30.0 Å². The molecule has 0 aliphatic carbocycles. The van der Waals surface area contributed by atoms with Gasteiger partial charge in [0.25, 0.3) is 0 Å². The Balaban J connectivity index is 1.99. The Morgan fingerprint density at radius 3 is 2.95 bits per heavy atom. The zero-order chi connectivity index (χ0) is 14.8. The molecule has 0 saturated carbocycles. The van der Waals surface area contributed by atoms with Crippen molar-refractivity contribution in [2.75, 3.05) is 24.5 Å². The van der Waals surface area contributed by atoms with E-state index in [4.69, 9.17) is 6.57 Å². The zero-order valence-electron chi connectivity index (χ0n) is 12.1. The number of hydrogen-bond donors (Lipinski definition) is 1. The fraction of sp³-hybridized carbons (Fsp3) is 0.429. The van der Waals surface area contributed by atoms with Gasteiger partial charge in [0.15, 0.2) is 5.82 Å². The Bertz CT molecular complexity index is 685. The first-order valence-corrected chi connectivity index (χ1v) is 6.89. The van der Waals surface area contributed by atoms with E-state index in [0.29, 0.717) is 23.4 Å². The molecule has 1 aliphatic heterocycles. The second-order valence-electron chi connectivity index (χ2n) is 5.22. The first-order valence-electron chi connectivity index (χ1n) is 6.89. The lowest BCUT2D eigenvalue weighted by molar-refractivity contribution is 0.482. The molecule has 0 radical (unpaired) electrons. The molecule has 3 heterocycles. The standard InChI is InChI=1S/C14H17N7/c1-10-8-21(5-4-16-10)14-12(15-2)7-17-13(19-14)11-6-18-20(3)9-11/h6-7,9-10,16H,4-5,8H2,1,3H3/t10-/m1/s1. The van der Waals surface area contributed by atoms with Crippen molar-refractivity contribution in [3.8, 4) is 11.4 Å². The van der Waals surface area contributed by atoms with Crippen LogP contribution >= 0.6 is 0 Å². The van der Waals surface area contributed by atoms with Crippen molar-refractivity contribution in [2.45, 2.75) is 13.0 Å². The van der Waals surface area contributed by atoms with Gasteiger partial charge in [-0.05, 0) is 6.92 Å². The maximum absolute atomic E-state index is 7.32. The Kier molecular flexibility index (Phi) is 3.54. The van der Waals surface area contributed by atoms with Gasteiger partial charge in [0.2, 0.25) is 5.69 Å². The predicted octanol–water partition coefficient (Wildman–Crippen LogP) is 1.23. The Labute approximate surface area is 123 Å². The highest BCUT2D eigenvalue weighted by Crippen LogP contribution is 2.29. The smallest absolute Gasteiger partial charge is 0.246 e. The molecular weight excluding hydrogens is 266 g/mol. The van der Waals surface area contributed by atoms with Crippen LogP contribution in [0.2, 0.25) is 0 Å². The lowest BCUT2D eigenvalue weighted by Gasteiger charge is -2.33. The van der Waals surface area contributed by atoms with Crippen molar-refractivity contribution in [1.82, 2.24) is 25.1 Å². The summed E-state index contributed by atoms with van der Waals surface area (Å²) in [6.45, 7) is 12.0. The quantitative estimate of drug-likeness (QED) is 0.840. The molecule has 2 aromatic rings. The molecule has 1 fully saturated rings. The van der Waals surface area contributed by atoms with Crippen molar-refractivity contribution in [1.29, 1.82) is 0 Å². The summed E-state index contributed by atoms with van der Waals surface area (Å²) in [6, 6.07) is 0.383. The van der Waals surface area contributed by atoms with Gasteiger partial charge in [0.1, 0.15) is 5.82 Å². The van der Waals surface area contributed by atoms with Crippen LogP contribution < -0.4 is 10.2 Å². The monoisotopic (exact) mass is 283 g/mol. The molecule has 0 bridgehead atoms. The van der Waals surface area contributed by atoms with Gasteiger partial charge in [-0.3, -0.25) is 4.68 Å². The van der Waals surface area contributed by atoms with Gasteiger partial charge >= 0.3 is 0 Å². The minimum atomic E-state index is 0.383. The highest BCUT2D eigenvalue weighted by molar-refractivity contribution is 5.69. The van der Waals surface area contributed by atoms with Crippen molar-refractivity contribution >= 4 is 11.5 Å². The summed E-state index contributed by atoms with van der Waals surface area (Å²) in [4.78, 5) is 14.6. The van der Waals surface area contributed by atoms with Gasteiger partial charge in [-0.15, -0.1) is 0 Å². The van der Waals surface area contributed by atoms with E-state index < -0.39 is 0 Å². The molecule has 1 saturated heterocycles. The third kappa shape index (κ3) is 2.71. The van der Waals surface area contributed by atoms with Gasteiger partial charge < -0.3 is 10.2 Å². The van der Waals surface area contributed by atoms with E-state index in [2.05, 4.69) is 37.1 Å². The maximum Gasteiger partial charge on any atom is 0.246 e. The largest absolute Gasteiger partial charge is 0.362 e. The number of nitrogens with one attached hydrogen (secondary N) is 1. The van der Waals surface area contributed by atoms with Crippen LogP contribution in [0, 0.1) is 6.57 Å². The van der Waals surface area contributed by atoms with Crippen LogP contribution in [0.5, 0.6) is 0 Å². The van der Waals surface area contributed by atoms with Crippen molar-refractivity contribution < 1.29 is 0 Å². The number of nitrogens with zero attached hydrogens (tertiary/aromatic N) is 6. The minimum Gasteiger partial charge on any atom is -0.362 e. The fourth-order valence-corrected chi connectivity index (χ4v) is 2.48. The van der Waals surface area contributed by atoms with Gasteiger partial charge in [-0.25, -0.2) is 14.8 Å². The van der Waals surface area contributed by atoms with E-state index in [1.165, 1.54) is 0 Å². The number of piperazine rings is 1. The first-order chi connectivity index (χ1) is 10.2. The molecule has 0 unspecified atom stereocenters. The fourth-order valence-electron chi connectivity index (χ4n) is 2.48. The molecule has 1 aliphatic rings. The Morgan fingerprint density at radius 1 is 1.43 bits per heavy atom. The average Bonchev–Trinajstić information content (AvgIpc) is 2.93. The number of anilines is 1. The summed E-state index contributed by atoms with van der Waals surface area (Å²) in [6.07, 6.45) is 5.21. The van der Waals surface area contributed by atoms with E-state index >= 15 is 0 Å². The van der Waals surface area contributed by atoms with Crippen LogP contribution in [-0.2, 0) is 7.05 Å². The molecule has 108 valence electrons. The molecule has 7 nitrogen and oxygen atoms in total. The number of aryl methyl sites for hydroxylation is 1. The van der Waals surface area contributed by atoms with E-state index in [0.717, 1.165) is 25.2 Å². The van der Waals surface area contributed by atoms with E-state index in [1.54, 1.807) is 17.1 Å². The SMILES string of the molecule is [C-]#[N+]c1cnc(-c2cnn(C)c2)nc1N1CCN[C@H](C)C1. The third-order valence-corrected chi connectivity index (χ3v) is 3.50. The Hall–Kier alpha value is -2.46. The lowest BCUT2D eigenvalue weighted by atomic mass is 10.2.